The Morgan fingerprint density at radius 3 is 2.62 bits per heavy atom. The van der Waals surface area contributed by atoms with Crippen molar-refractivity contribution in [2.24, 2.45) is 5.16 Å². The molecule has 0 spiro atoms. The molecule has 1 atom stereocenters. The maximum Gasteiger partial charge on any atom is 0.342 e. The average molecular weight is 594 g/mol. The normalized spacial score (nSPS) is 20.3. The standard InChI is InChI=1S/C29H41ClN3O6P/c1-4-18-40(32(2)3)39-25-20-24(34)27-23(28(25)30)19-22(14-10-7-5-6-8-13-17-37-29(27)36)31-38-21-26(35)33-15-11-9-12-16-33/h6,8,10,14,20,34H,4-5,7,9,11-13,15-19,21H2,1-3H3/b8-6+,14-10+,31-22+. The molecule has 1 aromatic rings. The zero-order valence-corrected chi connectivity index (χ0v) is 25.4. The number of nitrogens with zero attached hydrogens (tertiary/aromatic N) is 3. The molecule has 1 saturated heterocycles. The van der Waals surface area contributed by atoms with Crippen LogP contribution in [-0.4, -0.2) is 78.8 Å². The van der Waals surface area contributed by atoms with Crippen LogP contribution in [0, 0.1) is 0 Å². The second-order valence-corrected chi connectivity index (χ2v) is 12.4. The van der Waals surface area contributed by atoms with Crippen molar-refractivity contribution >= 4 is 37.5 Å². The van der Waals surface area contributed by atoms with Gasteiger partial charge in [0.15, 0.2) is 14.9 Å². The molecule has 1 N–H and O–H groups in total. The van der Waals surface area contributed by atoms with Gasteiger partial charge in [-0.2, -0.15) is 0 Å². The molecule has 40 heavy (non-hydrogen) atoms. The van der Waals surface area contributed by atoms with Crippen molar-refractivity contribution in [1.29, 1.82) is 0 Å². The third kappa shape index (κ3) is 9.50. The van der Waals surface area contributed by atoms with Crippen LogP contribution in [0.4, 0.5) is 0 Å². The van der Waals surface area contributed by atoms with E-state index in [4.69, 9.17) is 25.7 Å². The molecule has 220 valence electrons. The first-order chi connectivity index (χ1) is 19.3. The van der Waals surface area contributed by atoms with Gasteiger partial charge in [0.1, 0.15) is 17.1 Å². The number of hydrogen-bond acceptors (Lipinski definition) is 8. The maximum atomic E-state index is 13.1. The van der Waals surface area contributed by atoms with Gasteiger partial charge in [0.2, 0.25) is 0 Å². The Balaban J connectivity index is 1.96. The van der Waals surface area contributed by atoms with Gasteiger partial charge in [0.05, 0.1) is 17.3 Å². The number of carbonyl (C=O) groups is 2. The smallest absolute Gasteiger partial charge is 0.342 e. The number of aromatic hydroxyl groups is 1. The van der Waals surface area contributed by atoms with Crippen LogP contribution < -0.4 is 4.52 Å². The van der Waals surface area contributed by atoms with Gasteiger partial charge in [-0.25, -0.2) is 4.79 Å². The number of cyclic esters (lactones) is 1. The van der Waals surface area contributed by atoms with Gasteiger partial charge in [0.25, 0.3) is 5.91 Å². The van der Waals surface area contributed by atoms with Gasteiger partial charge < -0.3 is 24.1 Å². The monoisotopic (exact) mass is 593 g/mol. The Hall–Kier alpha value is -2.61. The van der Waals surface area contributed by atoms with Crippen LogP contribution >= 0.6 is 19.9 Å². The molecule has 3 rings (SSSR count). The Kier molecular flexibility index (Phi) is 13.2. The minimum Gasteiger partial charge on any atom is -0.507 e. The van der Waals surface area contributed by atoms with E-state index in [0.717, 1.165) is 57.8 Å². The molecule has 9 nitrogen and oxygen atoms in total. The summed E-state index contributed by atoms with van der Waals surface area (Å²) in [5.41, 5.74) is 0.741. The van der Waals surface area contributed by atoms with Gasteiger partial charge in [-0.3, -0.25) is 9.46 Å². The highest BCUT2D eigenvalue weighted by molar-refractivity contribution is 7.50. The van der Waals surface area contributed by atoms with Gasteiger partial charge in [0, 0.05) is 31.7 Å². The number of amides is 1. The van der Waals surface area contributed by atoms with Crippen molar-refractivity contribution in [2.45, 2.75) is 58.3 Å². The predicted octanol–water partition coefficient (Wildman–Crippen LogP) is 6.09. The molecule has 0 saturated carbocycles. The van der Waals surface area contributed by atoms with E-state index in [9.17, 15) is 14.7 Å². The van der Waals surface area contributed by atoms with Gasteiger partial charge in [-0.15, -0.1) is 0 Å². The topological polar surface area (TPSA) is 101 Å². The highest BCUT2D eigenvalue weighted by Crippen LogP contribution is 2.46. The van der Waals surface area contributed by atoms with E-state index in [1.165, 1.54) is 6.07 Å². The van der Waals surface area contributed by atoms with E-state index < -0.39 is 14.3 Å². The van der Waals surface area contributed by atoms with Crippen LogP contribution in [0.1, 0.15) is 67.8 Å². The molecule has 2 aliphatic rings. The molecule has 2 aliphatic heterocycles. The first-order valence-electron chi connectivity index (χ1n) is 13.9. The number of fused-ring (bicyclic) bond motifs is 1. The number of allylic oxidation sites excluding steroid dienone is 3. The number of esters is 1. The number of halogens is 1. The summed E-state index contributed by atoms with van der Waals surface area (Å²) >= 11 is 6.87. The van der Waals surface area contributed by atoms with Crippen molar-refractivity contribution in [3.05, 3.63) is 46.5 Å². The summed E-state index contributed by atoms with van der Waals surface area (Å²) in [6.07, 6.45) is 14.8. The minimum absolute atomic E-state index is 0.0337. The van der Waals surface area contributed by atoms with Crippen LogP contribution in [0.3, 0.4) is 0 Å². The number of benzene rings is 1. The summed E-state index contributed by atoms with van der Waals surface area (Å²) in [4.78, 5) is 33.0. The summed E-state index contributed by atoms with van der Waals surface area (Å²) in [6, 6.07) is 1.38. The van der Waals surface area contributed by atoms with Crippen molar-refractivity contribution < 1.29 is 28.8 Å². The molecule has 1 fully saturated rings. The molecule has 0 bridgehead atoms. The zero-order chi connectivity index (χ0) is 28.9. The molecule has 1 unspecified atom stereocenters. The number of ether oxygens (including phenoxy) is 1. The number of hydrogen-bond donors (Lipinski definition) is 1. The molecule has 0 aromatic heterocycles. The van der Waals surface area contributed by atoms with Crippen molar-refractivity contribution in [1.82, 2.24) is 9.57 Å². The molecule has 1 aromatic carbocycles. The Morgan fingerprint density at radius 2 is 1.90 bits per heavy atom. The van der Waals surface area contributed by atoms with Crippen LogP contribution in [0.25, 0.3) is 0 Å². The first-order valence-corrected chi connectivity index (χ1v) is 15.7. The van der Waals surface area contributed by atoms with Gasteiger partial charge >= 0.3 is 5.97 Å². The lowest BCUT2D eigenvalue weighted by molar-refractivity contribution is -0.137. The van der Waals surface area contributed by atoms with E-state index in [2.05, 4.69) is 12.1 Å². The second-order valence-electron chi connectivity index (χ2n) is 9.93. The number of likely N-dealkylation sites (tertiary alicyclic amines) is 1. The van der Waals surface area contributed by atoms with E-state index in [0.29, 0.717) is 17.7 Å². The Bertz CT molecular complexity index is 1100. The number of phenolic OH excluding ortho intramolecular Hbond substituents is 1. The number of oxime groups is 1. The van der Waals surface area contributed by atoms with Crippen LogP contribution in [0.2, 0.25) is 5.02 Å². The van der Waals surface area contributed by atoms with E-state index in [1.807, 2.05) is 37.0 Å². The fourth-order valence-corrected chi connectivity index (χ4v) is 6.13. The quantitative estimate of drug-likeness (QED) is 0.168. The van der Waals surface area contributed by atoms with Crippen LogP contribution in [0.5, 0.6) is 11.5 Å². The highest BCUT2D eigenvalue weighted by atomic mass is 35.5. The van der Waals surface area contributed by atoms with E-state index in [-0.39, 0.29) is 47.6 Å². The summed E-state index contributed by atoms with van der Waals surface area (Å²) in [5, 5.41) is 15.5. The molecule has 2 heterocycles. The Morgan fingerprint density at radius 1 is 1.18 bits per heavy atom. The van der Waals surface area contributed by atoms with Crippen molar-refractivity contribution in [2.75, 3.05) is 46.6 Å². The molecule has 11 heteroatoms. The van der Waals surface area contributed by atoms with Crippen molar-refractivity contribution in [3.8, 4) is 11.5 Å². The lowest BCUT2D eigenvalue weighted by Gasteiger charge is -2.26. The SMILES string of the molecule is CCCP(Oc1cc(O)c2c(c1Cl)CC(=N/OCC(=O)N1CCCCC1)/C=C/CC/C=C/CCOC2=O)N(C)C. The number of carbonyl (C=O) groups excluding carboxylic acids is 2. The molecule has 0 aliphatic carbocycles. The third-order valence-electron chi connectivity index (χ3n) is 6.51. The summed E-state index contributed by atoms with van der Waals surface area (Å²) in [6.45, 7) is 3.52. The number of piperidine rings is 1. The highest BCUT2D eigenvalue weighted by Gasteiger charge is 2.27. The Labute approximate surface area is 243 Å². The summed E-state index contributed by atoms with van der Waals surface area (Å²) in [7, 11) is 2.84. The average Bonchev–Trinajstić information content (AvgIpc) is 2.93. The van der Waals surface area contributed by atoms with E-state index >= 15 is 0 Å². The number of phenols is 1. The van der Waals surface area contributed by atoms with E-state index in [1.54, 1.807) is 11.0 Å². The summed E-state index contributed by atoms with van der Waals surface area (Å²) < 4.78 is 13.7. The molecule has 0 radical (unpaired) electrons. The zero-order valence-electron chi connectivity index (χ0n) is 23.7. The third-order valence-corrected chi connectivity index (χ3v) is 9.05. The van der Waals surface area contributed by atoms with Crippen LogP contribution in [-0.2, 0) is 20.8 Å². The summed E-state index contributed by atoms with van der Waals surface area (Å²) in [5.74, 6) is -0.786. The van der Waals surface area contributed by atoms with Crippen molar-refractivity contribution in [3.63, 3.8) is 0 Å². The second kappa shape index (κ2) is 16.6. The maximum absolute atomic E-state index is 13.1. The van der Waals surface area contributed by atoms with Gasteiger partial charge in [-0.05, 0) is 70.7 Å². The lowest BCUT2D eigenvalue weighted by atomic mass is 9.99. The fraction of sp³-hybridized carbons (Fsp3) is 0.552. The largest absolute Gasteiger partial charge is 0.507 e. The fourth-order valence-electron chi connectivity index (χ4n) is 4.41. The number of rotatable bonds is 8. The minimum atomic E-state index is -1.02. The molecular weight excluding hydrogens is 553 g/mol. The first kappa shape index (κ1) is 31.9. The van der Waals surface area contributed by atoms with Crippen LogP contribution in [0.15, 0.2) is 35.5 Å². The lowest BCUT2D eigenvalue weighted by Crippen LogP contribution is -2.37. The predicted molar refractivity (Wildman–Crippen MR) is 159 cm³/mol. The van der Waals surface area contributed by atoms with Gasteiger partial charge in [-0.1, -0.05) is 41.9 Å². The molecule has 1 amide bonds. The molecular formula is C29H41ClN3O6P.